The average molecular weight is 267 g/mol. The number of thiophene rings is 1. The second-order valence-electron chi connectivity index (χ2n) is 5.09. The number of rotatable bonds is 6. The molecule has 2 N–H and O–H groups in total. The number of hydrogen-bond donors (Lipinski definition) is 2. The Morgan fingerprint density at radius 2 is 2.17 bits per heavy atom. The van der Waals surface area contributed by atoms with E-state index in [-0.39, 0.29) is 5.92 Å². The van der Waals surface area contributed by atoms with E-state index in [1.54, 1.807) is 0 Å². The smallest absolute Gasteiger partial charge is 0.306 e. The molecule has 2 rings (SSSR count). The first kappa shape index (κ1) is 13.6. The maximum Gasteiger partial charge on any atom is 0.306 e. The van der Waals surface area contributed by atoms with Gasteiger partial charge in [-0.3, -0.25) is 4.79 Å². The second kappa shape index (κ2) is 6.90. The van der Waals surface area contributed by atoms with E-state index in [4.69, 9.17) is 5.11 Å². The highest BCUT2D eigenvalue weighted by molar-refractivity contribution is 7.09. The van der Waals surface area contributed by atoms with Crippen LogP contribution in [0.25, 0.3) is 0 Å². The third-order valence-electron chi connectivity index (χ3n) is 3.76. The normalized spacial score (nSPS) is 24.0. The van der Waals surface area contributed by atoms with Crippen molar-refractivity contribution in [2.24, 2.45) is 11.8 Å². The summed E-state index contributed by atoms with van der Waals surface area (Å²) < 4.78 is 0. The Bertz CT molecular complexity index is 356. The van der Waals surface area contributed by atoms with Crippen molar-refractivity contribution in [1.29, 1.82) is 0 Å². The molecule has 0 spiro atoms. The Balaban J connectivity index is 1.57. The van der Waals surface area contributed by atoms with Gasteiger partial charge in [-0.1, -0.05) is 6.07 Å². The number of carbonyl (C=O) groups is 1. The summed E-state index contributed by atoms with van der Waals surface area (Å²) in [5.74, 6) is -0.0320. The molecule has 18 heavy (non-hydrogen) atoms. The zero-order chi connectivity index (χ0) is 12.8. The minimum Gasteiger partial charge on any atom is -0.481 e. The fraction of sp³-hybridized carbons (Fsp3) is 0.643. The Labute approximate surface area is 112 Å². The van der Waals surface area contributed by atoms with Crippen LogP contribution >= 0.6 is 11.3 Å². The number of aliphatic carboxylic acids is 1. The molecule has 1 aliphatic carbocycles. The highest BCUT2D eigenvalue weighted by Crippen LogP contribution is 2.28. The van der Waals surface area contributed by atoms with E-state index in [1.165, 1.54) is 4.88 Å². The summed E-state index contributed by atoms with van der Waals surface area (Å²) in [5, 5.41) is 14.5. The molecular weight excluding hydrogens is 246 g/mol. The van der Waals surface area contributed by atoms with Gasteiger partial charge in [0.2, 0.25) is 0 Å². The quantitative estimate of drug-likeness (QED) is 0.779. The molecule has 0 saturated heterocycles. The third-order valence-corrected chi connectivity index (χ3v) is 4.69. The Morgan fingerprint density at radius 1 is 1.39 bits per heavy atom. The van der Waals surface area contributed by atoms with Crippen LogP contribution in [0.15, 0.2) is 17.5 Å². The monoisotopic (exact) mass is 267 g/mol. The summed E-state index contributed by atoms with van der Waals surface area (Å²) in [6, 6.07) is 4.26. The summed E-state index contributed by atoms with van der Waals surface area (Å²) in [5.41, 5.74) is 0. The molecule has 4 heteroatoms. The molecule has 100 valence electrons. The van der Waals surface area contributed by atoms with Crippen LogP contribution < -0.4 is 5.32 Å². The van der Waals surface area contributed by atoms with E-state index < -0.39 is 5.97 Å². The molecule has 1 aromatic rings. The van der Waals surface area contributed by atoms with Crippen molar-refractivity contribution in [3.63, 3.8) is 0 Å². The van der Waals surface area contributed by atoms with Crippen molar-refractivity contribution in [1.82, 2.24) is 5.32 Å². The lowest BCUT2D eigenvalue weighted by atomic mass is 9.82. The van der Waals surface area contributed by atoms with Crippen molar-refractivity contribution in [2.75, 3.05) is 13.1 Å². The number of carboxylic acids is 1. The first-order valence-electron chi connectivity index (χ1n) is 6.71. The zero-order valence-corrected chi connectivity index (χ0v) is 11.4. The number of carboxylic acid groups (broad SMARTS) is 1. The van der Waals surface area contributed by atoms with E-state index in [0.717, 1.165) is 45.2 Å². The van der Waals surface area contributed by atoms with Crippen LogP contribution in [-0.4, -0.2) is 24.2 Å². The minimum absolute atomic E-state index is 0.0904. The molecule has 0 unspecified atom stereocenters. The Kier molecular flexibility index (Phi) is 5.20. The zero-order valence-electron chi connectivity index (χ0n) is 10.6. The predicted octanol–water partition coefficient (Wildman–Crippen LogP) is 2.77. The first-order valence-corrected chi connectivity index (χ1v) is 7.59. The number of nitrogens with one attached hydrogen (secondary N) is 1. The molecule has 0 aromatic carbocycles. The molecule has 0 radical (unpaired) electrons. The van der Waals surface area contributed by atoms with Crippen molar-refractivity contribution >= 4 is 17.3 Å². The topological polar surface area (TPSA) is 49.3 Å². The summed E-state index contributed by atoms with van der Waals surface area (Å²) in [6.45, 7) is 2.07. The lowest BCUT2D eigenvalue weighted by Crippen LogP contribution is -2.29. The van der Waals surface area contributed by atoms with Crippen LogP contribution in [0.4, 0.5) is 0 Å². The highest BCUT2D eigenvalue weighted by Gasteiger charge is 2.25. The lowest BCUT2D eigenvalue weighted by molar-refractivity contribution is -0.143. The van der Waals surface area contributed by atoms with Gasteiger partial charge in [-0.2, -0.15) is 0 Å². The summed E-state index contributed by atoms with van der Waals surface area (Å²) >= 11 is 1.81. The minimum atomic E-state index is -0.612. The van der Waals surface area contributed by atoms with E-state index in [9.17, 15) is 4.79 Å². The van der Waals surface area contributed by atoms with Crippen LogP contribution in [0.3, 0.4) is 0 Å². The lowest BCUT2D eigenvalue weighted by Gasteiger charge is -2.26. The van der Waals surface area contributed by atoms with Crippen LogP contribution in [0.5, 0.6) is 0 Å². The largest absolute Gasteiger partial charge is 0.481 e. The van der Waals surface area contributed by atoms with Crippen LogP contribution in [0, 0.1) is 11.8 Å². The van der Waals surface area contributed by atoms with Gasteiger partial charge in [-0.25, -0.2) is 0 Å². The van der Waals surface area contributed by atoms with E-state index in [0.29, 0.717) is 5.92 Å². The van der Waals surface area contributed by atoms with Crippen LogP contribution in [0.2, 0.25) is 0 Å². The van der Waals surface area contributed by atoms with Crippen LogP contribution in [0.1, 0.15) is 30.6 Å². The van der Waals surface area contributed by atoms with Gasteiger partial charge in [0.1, 0.15) is 0 Å². The van der Waals surface area contributed by atoms with Crippen molar-refractivity contribution in [3.8, 4) is 0 Å². The van der Waals surface area contributed by atoms with Gasteiger partial charge in [0.05, 0.1) is 5.92 Å². The maximum absolute atomic E-state index is 10.8. The second-order valence-corrected chi connectivity index (χ2v) is 6.12. The molecule has 1 fully saturated rings. The SMILES string of the molecule is O=C(O)C1CCC(CNCCc2cccs2)CC1. The molecule has 1 aliphatic rings. The van der Waals surface area contributed by atoms with Crippen molar-refractivity contribution < 1.29 is 9.90 Å². The van der Waals surface area contributed by atoms with Gasteiger partial charge < -0.3 is 10.4 Å². The van der Waals surface area contributed by atoms with Gasteiger partial charge in [0.25, 0.3) is 0 Å². The summed E-state index contributed by atoms with van der Waals surface area (Å²) in [6.07, 6.45) is 4.92. The molecule has 1 heterocycles. The molecule has 0 aliphatic heterocycles. The molecule has 1 saturated carbocycles. The van der Waals surface area contributed by atoms with Crippen LogP contribution in [-0.2, 0) is 11.2 Å². The highest BCUT2D eigenvalue weighted by atomic mass is 32.1. The Morgan fingerprint density at radius 3 is 2.78 bits per heavy atom. The fourth-order valence-corrected chi connectivity index (χ4v) is 3.30. The third kappa shape index (κ3) is 4.10. The van der Waals surface area contributed by atoms with Gasteiger partial charge in [0.15, 0.2) is 0 Å². The van der Waals surface area contributed by atoms with Gasteiger partial charge in [-0.15, -0.1) is 11.3 Å². The summed E-state index contributed by atoms with van der Waals surface area (Å²) in [4.78, 5) is 12.3. The van der Waals surface area contributed by atoms with E-state index in [2.05, 4.69) is 22.8 Å². The average Bonchev–Trinajstić information content (AvgIpc) is 2.88. The van der Waals surface area contributed by atoms with Crippen molar-refractivity contribution in [3.05, 3.63) is 22.4 Å². The van der Waals surface area contributed by atoms with Crippen molar-refractivity contribution in [2.45, 2.75) is 32.1 Å². The molecule has 1 aromatic heterocycles. The first-order chi connectivity index (χ1) is 8.75. The standard InChI is InChI=1S/C14H21NO2S/c16-14(17)12-5-3-11(4-6-12)10-15-8-7-13-2-1-9-18-13/h1-2,9,11-12,15H,3-8,10H2,(H,16,17). The number of hydrogen-bond acceptors (Lipinski definition) is 3. The summed E-state index contributed by atoms with van der Waals surface area (Å²) in [7, 11) is 0. The van der Waals surface area contributed by atoms with E-state index >= 15 is 0 Å². The maximum atomic E-state index is 10.8. The van der Waals surface area contributed by atoms with Gasteiger partial charge >= 0.3 is 5.97 Å². The molecule has 3 nitrogen and oxygen atoms in total. The van der Waals surface area contributed by atoms with E-state index in [1.807, 2.05) is 11.3 Å². The molecule has 0 bridgehead atoms. The molecule has 0 atom stereocenters. The molecular formula is C14H21NO2S. The van der Waals surface area contributed by atoms with Gasteiger partial charge in [-0.05, 0) is 62.6 Å². The van der Waals surface area contributed by atoms with Gasteiger partial charge in [0, 0.05) is 4.88 Å². The predicted molar refractivity (Wildman–Crippen MR) is 74.0 cm³/mol. The Hall–Kier alpha value is -0.870. The molecule has 0 amide bonds. The fourth-order valence-electron chi connectivity index (χ4n) is 2.59.